The number of hydrogen-bond donors (Lipinski definition) is 0. The molecule has 0 spiro atoms. The molecular formula is C48H50F30O9Si. The molecule has 0 bridgehead atoms. The van der Waals surface area contributed by atoms with Gasteiger partial charge < -0.3 is 28.1 Å². The van der Waals surface area contributed by atoms with E-state index in [1.54, 1.807) is 0 Å². The maximum Gasteiger partial charge on any atom is 0.460 e. The van der Waals surface area contributed by atoms with Gasteiger partial charge in [0.05, 0.1) is 19.6 Å². The number of cyclic esters (lactones) is 3. The molecule has 5 atom stereocenters. The van der Waals surface area contributed by atoms with Gasteiger partial charge in [0.15, 0.2) is 8.32 Å². The number of ether oxygens (including phenoxy) is 5. The van der Waals surface area contributed by atoms with Gasteiger partial charge in [0, 0.05) is 25.0 Å². The summed E-state index contributed by atoms with van der Waals surface area (Å²) >= 11 is 0. The lowest BCUT2D eigenvalue weighted by atomic mass is 9.88. The Kier molecular flexibility index (Phi) is 23.9. The van der Waals surface area contributed by atoms with E-state index in [9.17, 15) is 129 Å². The van der Waals surface area contributed by atoms with Crippen LogP contribution < -0.4 is 4.74 Å². The molecule has 1 aliphatic heterocycles. The number of rotatable bonds is 25. The van der Waals surface area contributed by atoms with Gasteiger partial charge in [0.1, 0.15) is 36.3 Å². The maximum absolute atomic E-state index is 15.4. The van der Waals surface area contributed by atoms with E-state index < -0.39 is 196 Å². The van der Waals surface area contributed by atoms with E-state index in [1.807, 2.05) is 0 Å². The summed E-state index contributed by atoms with van der Waals surface area (Å²) in [5, 5.41) is 0. The molecule has 0 amide bonds. The van der Waals surface area contributed by atoms with Gasteiger partial charge in [-0.15, -0.1) is 0 Å². The van der Waals surface area contributed by atoms with E-state index in [0.717, 1.165) is 78.8 Å². The standard InChI is InChI=1S/C48H50F30O9Si/c1-23(2)88(24(3)4,20-18-36(51,52)38(55,56)39(57,58)41(61,62)42(63,64)44(67,68)46(71,72)48(76,77)78)87-31-14-16-32(79)84-25(5)21-34(81)86-26(6)30(13-15-33(80)85-27(31)7)83-22-28-9-11-29(12-10-28)82-19-8-17-35(49,50)37(53,54)40(59,60)43(65,66)45(69,70)47(73,74)75/h9-16,23-27,30-31H,8,17-22H2,1-7H3/b15-13+,16-14+/t25-,26+,27-,30-,31+/m0/s1. The fraction of sp³-hybridized carbons (Fsp3) is 0.729. The molecule has 1 aliphatic rings. The first-order chi connectivity index (χ1) is 39.1. The minimum Gasteiger partial charge on any atom is -0.494 e. The third-order valence-electron chi connectivity index (χ3n) is 13.4. The SMILES string of the molecule is CC(C)[Si](CCC(F)(F)C(F)(F)C(F)(F)C(F)(F)C(F)(F)C(F)(F)C(F)(F)C(F)(F)F)(O[C@@H]1/C=C/C(=O)O[C@@H](C)CC(=O)O[C@H](C)[C@@H](OCc2ccc(OCCCC(F)(F)C(F)(F)C(F)(F)C(F)(F)C(F)(F)C(F)(F)F)cc2)/C=C/C(=O)O[C@H]1C)C(C)C. The van der Waals surface area contributed by atoms with E-state index in [2.05, 4.69) is 0 Å². The lowest BCUT2D eigenvalue weighted by molar-refractivity contribution is -0.461. The van der Waals surface area contributed by atoms with E-state index >= 15 is 17.6 Å². The zero-order valence-corrected chi connectivity index (χ0v) is 46.6. The minimum absolute atomic E-state index is 0.0921. The van der Waals surface area contributed by atoms with Gasteiger partial charge >= 0.3 is 101 Å². The largest absolute Gasteiger partial charge is 0.494 e. The topological polar surface area (TPSA) is 107 Å². The maximum atomic E-state index is 15.4. The Labute approximate surface area is 478 Å². The molecule has 0 N–H and O–H groups in total. The Hall–Kier alpha value is -5.05. The van der Waals surface area contributed by atoms with Crippen LogP contribution in [0.5, 0.6) is 5.75 Å². The predicted octanol–water partition coefficient (Wildman–Crippen LogP) is 16.3. The normalized spacial score (nSPS) is 21.7. The highest BCUT2D eigenvalue weighted by Gasteiger charge is 2.95. The van der Waals surface area contributed by atoms with Gasteiger partial charge in [-0.05, 0) is 74.2 Å². The van der Waals surface area contributed by atoms with Crippen molar-refractivity contribution in [1.29, 1.82) is 0 Å². The lowest BCUT2D eigenvalue weighted by Gasteiger charge is -2.45. The zero-order valence-electron chi connectivity index (χ0n) is 45.6. The Bertz CT molecular complexity index is 2580. The third-order valence-corrected chi connectivity index (χ3v) is 19.0. The number of esters is 3. The van der Waals surface area contributed by atoms with Crippen molar-refractivity contribution < 1.29 is 174 Å². The molecule has 0 unspecified atom stereocenters. The second-order valence-electron chi connectivity index (χ2n) is 20.4. The van der Waals surface area contributed by atoms with E-state index in [4.69, 9.17) is 28.1 Å². The van der Waals surface area contributed by atoms with E-state index in [0.29, 0.717) is 18.2 Å². The summed E-state index contributed by atoms with van der Waals surface area (Å²) in [5.41, 5.74) is -2.46. The molecular weight excluding hydrogens is 1320 g/mol. The van der Waals surface area contributed by atoms with Gasteiger partial charge in [0.2, 0.25) is 0 Å². The molecule has 0 saturated carbocycles. The first-order valence-corrected chi connectivity index (χ1v) is 27.0. The molecule has 40 heteroatoms. The van der Waals surface area contributed by atoms with Crippen molar-refractivity contribution in [1.82, 2.24) is 0 Å². The number of halogens is 30. The smallest absolute Gasteiger partial charge is 0.460 e. The molecule has 9 nitrogen and oxygen atoms in total. The summed E-state index contributed by atoms with van der Waals surface area (Å²) in [7, 11) is -4.67. The molecule has 1 aromatic carbocycles. The first-order valence-electron chi connectivity index (χ1n) is 24.8. The van der Waals surface area contributed by atoms with Gasteiger partial charge in [-0.3, -0.25) is 4.79 Å². The monoisotopic (exact) mass is 1370 g/mol. The Balaban J connectivity index is 2.45. The highest BCUT2D eigenvalue weighted by atomic mass is 28.4. The van der Waals surface area contributed by atoms with Crippen LogP contribution in [0.25, 0.3) is 0 Å². The quantitative estimate of drug-likeness (QED) is 0.0311. The van der Waals surface area contributed by atoms with Gasteiger partial charge in [-0.2, -0.15) is 132 Å². The van der Waals surface area contributed by atoms with E-state index in [1.165, 1.54) is 0 Å². The lowest BCUT2D eigenvalue weighted by Crippen LogP contribution is -2.74. The van der Waals surface area contributed by atoms with Crippen LogP contribution >= 0.6 is 0 Å². The van der Waals surface area contributed by atoms with Crippen LogP contribution in [-0.2, 0) is 44.4 Å². The van der Waals surface area contributed by atoms with E-state index in [-0.39, 0.29) is 11.3 Å². The number of alkyl halides is 30. The summed E-state index contributed by atoms with van der Waals surface area (Å²) in [6, 6.07) is 2.51. The zero-order chi connectivity index (χ0) is 69.3. The van der Waals surface area contributed by atoms with Crippen LogP contribution in [0.2, 0.25) is 17.1 Å². The van der Waals surface area contributed by atoms with Crippen molar-refractivity contribution in [3.63, 3.8) is 0 Å². The van der Waals surface area contributed by atoms with Crippen molar-refractivity contribution >= 4 is 26.2 Å². The summed E-state index contributed by atoms with van der Waals surface area (Å²) in [4.78, 5) is 39.1. The second kappa shape index (κ2) is 26.6. The van der Waals surface area contributed by atoms with Crippen LogP contribution in [0.3, 0.4) is 0 Å². The van der Waals surface area contributed by atoms with Gasteiger partial charge in [-0.25, -0.2) is 9.59 Å². The number of carbonyl (C=O) groups excluding carboxylic acids is 3. The molecule has 2 rings (SSSR count). The molecule has 0 saturated heterocycles. The second-order valence-corrected chi connectivity index (χ2v) is 25.3. The molecule has 0 fully saturated rings. The average molecular weight is 1370 g/mol. The molecule has 0 radical (unpaired) electrons. The fourth-order valence-electron chi connectivity index (χ4n) is 7.96. The Morgan fingerprint density at radius 1 is 0.477 bits per heavy atom. The molecule has 1 heterocycles. The summed E-state index contributed by atoms with van der Waals surface area (Å²) in [6.45, 7) is 5.89. The molecule has 1 aromatic rings. The fourth-order valence-corrected chi connectivity index (χ4v) is 12.6. The predicted molar refractivity (Wildman–Crippen MR) is 241 cm³/mol. The molecule has 510 valence electrons. The minimum atomic E-state index is -8.87. The number of hydrogen-bond acceptors (Lipinski definition) is 9. The Morgan fingerprint density at radius 2 is 0.841 bits per heavy atom. The first kappa shape index (κ1) is 79.0. The van der Waals surface area contributed by atoms with Gasteiger partial charge in [-0.1, -0.05) is 39.8 Å². The van der Waals surface area contributed by atoms with Crippen LogP contribution in [0.4, 0.5) is 132 Å². The summed E-state index contributed by atoms with van der Waals surface area (Å²) < 4.78 is 447. The highest BCUT2D eigenvalue weighted by molar-refractivity contribution is 6.76. The third kappa shape index (κ3) is 15.3. The van der Waals surface area contributed by atoms with Crippen molar-refractivity contribution in [2.45, 2.75) is 212 Å². The summed E-state index contributed by atoms with van der Waals surface area (Å²) in [6.07, 6.45) is -28.7. The summed E-state index contributed by atoms with van der Waals surface area (Å²) in [5.74, 6) is -100. The van der Waals surface area contributed by atoms with Crippen molar-refractivity contribution in [2.24, 2.45) is 0 Å². The average Bonchev–Trinajstić information content (AvgIpc) is 1.06. The van der Waals surface area contributed by atoms with Crippen molar-refractivity contribution in [2.75, 3.05) is 6.61 Å². The van der Waals surface area contributed by atoms with Crippen LogP contribution in [0.15, 0.2) is 48.6 Å². The molecule has 0 aromatic heterocycles. The molecule has 0 aliphatic carbocycles. The Morgan fingerprint density at radius 3 is 1.25 bits per heavy atom. The van der Waals surface area contributed by atoms with Crippen LogP contribution in [0, 0.1) is 0 Å². The number of carbonyl (C=O) groups is 3. The van der Waals surface area contributed by atoms with Crippen LogP contribution in [-0.4, -0.2) is 147 Å². The highest BCUT2D eigenvalue weighted by Crippen LogP contribution is 2.65. The van der Waals surface area contributed by atoms with Gasteiger partial charge in [0.25, 0.3) is 0 Å². The molecule has 88 heavy (non-hydrogen) atoms. The van der Waals surface area contributed by atoms with Crippen molar-refractivity contribution in [3.8, 4) is 5.75 Å². The van der Waals surface area contributed by atoms with Crippen molar-refractivity contribution in [3.05, 3.63) is 54.1 Å². The van der Waals surface area contributed by atoms with Crippen LogP contribution in [0.1, 0.15) is 79.7 Å². The number of benzene rings is 1.